The summed E-state index contributed by atoms with van der Waals surface area (Å²) in [5.41, 5.74) is 6.83. The minimum atomic E-state index is -4.20. The van der Waals surface area contributed by atoms with E-state index in [1.165, 1.54) is 33.6 Å². The van der Waals surface area contributed by atoms with E-state index in [2.05, 4.69) is 34.5 Å². The van der Waals surface area contributed by atoms with Crippen LogP contribution in [0.1, 0.15) is 18.9 Å². The summed E-state index contributed by atoms with van der Waals surface area (Å²) in [4.78, 5) is 20.9. The van der Waals surface area contributed by atoms with Crippen molar-refractivity contribution in [3.8, 4) is 0 Å². The third kappa shape index (κ3) is 5.48. The molecule has 7 rings (SSSR count). The molecule has 2 bridgehead atoms. The van der Waals surface area contributed by atoms with Crippen molar-refractivity contribution in [2.24, 2.45) is 0 Å². The number of nitrogens with zero attached hydrogens (tertiary/aromatic N) is 5. The molecular formula is C23H26N6O10P2S2. The Bertz CT molecular complexity index is 1850. The topological polar surface area (TPSA) is 193 Å². The van der Waals surface area contributed by atoms with Gasteiger partial charge in [-0.1, -0.05) is 24.5 Å². The summed E-state index contributed by atoms with van der Waals surface area (Å²) in [6.07, 6.45) is 0.232. The van der Waals surface area contributed by atoms with Gasteiger partial charge in [-0.2, -0.15) is 0 Å². The van der Waals surface area contributed by atoms with Crippen LogP contribution >= 0.6 is 38.1 Å². The molecule has 3 aliphatic rings. The molecule has 0 amide bonds. The SMILES string of the molecule is Nc1ccnc2c1ccn2[C@H]1C[C@@H]2O[P@@](=O)(S)OC[C@H]3O[C@@H](n4ccc(=O)n5ccnc45)[C@H](O[P@](=O)(S)OC[C@H]2O1)[C@@H]3O. The summed E-state index contributed by atoms with van der Waals surface area (Å²) < 4.78 is 66.3. The molecule has 0 radical (unpaired) electrons. The molecule has 7 heterocycles. The number of aliphatic hydroxyl groups is 1. The van der Waals surface area contributed by atoms with Crippen LogP contribution in [0.3, 0.4) is 0 Å². The number of rotatable bonds is 2. The minimum Gasteiger partial charge on any atom is -0.398 e. The molecule has 9 atom stereocenters. The molecule has 230 valence electrons. The molecule has 0 unspecified atom stereocenters. The van der Waals surface area contributed by atoms with E-state index < -0.39 is 63.2 Å². The summed E-state index contributed by atoms with van der Waals surface area (Å²) in [7, 11) is 0. The van der Waals surface area contributed by atoms with Crippen LogP contribution in [-0.2, 0) is 36.7 Å². The largest absolute Gasteiger partial charge is 0.398 e. The maximum absolute atomic E-state index is 13.5. The highest BCUT2D eigenvalue weighted by molar-refractivity contribution is 8.44. The Morgan fingerprint density at radius 1 is 0.907 bits per heavy atom. The van der Waals surface area contributed by atoms with E-state index in [1.54, 1.807) is 29.1 Å². The lowest BCUT2D eigenvalue weighted by molar-refractivity contribution is -0.0568. The van der Waals surface area contributed by atoms with E-state index in [4.69, 9.17) is 33.3 Å². The summed E-state index contributed by atoms with van der Waals surface area (Å²) in [5.74, 6) is 0.168. The zero-order valence-corrected chi connectivity index (χ0v) is 25.6. The van der Waals surface area contributed by atoms with Gasteiger partial charge in [0.15, 0.2) is 6.23 Å². The van der Waals surface area contributed by atoms with Crippen molar-refractivity contribution < 1.29 is 41.8 Å². The molecule has 3 N–H and O–H groups in total. The summed E-state index contributed by atoms with van der Waals surface area (Å²) >= 11 is 8.31. The molecule has 3 saturated heterocycles. The summed E-state index contributed by atoms with van der Waals surface area (Å²) in [6.45, 7) is -9.07. The number of hydrogen-bond acceptors (Lipinski definition) is 13. The second-order valence-corrected chi connectivity index (χ2v) is 15.9. The predicted molar refractivity (Wildman–Crippen MR) is 157 cm³/mol. The molecule has 4 aromatic rings. The fourth-order valence-electron chi connectivity index (χ4n) is 5.51. The van der Waals surface area contributed by atoms with E-state index >= 15 is 0 Å². The van der Waals surface area contributed by atoms with Gasteiger partial charge in [-0.05, 0) is 12.1 Å². The monoisotopic (exact) mass is 672 g/mol. The quantitative estimate of drug-likeness (QED) is 0.180. The van der Waals surface area contributed by atoms with Crippen molar-refractivity contribution in [3.05, 3.63) is 59.5 Å². The zero-order valence-electron chi connectivity index (χ0n) is 22.0. The smallest absolute Gasteiger partial charge is 0.386 e. The minimum absolute atomic E-state index is 0.168. The molecule has 20 heteroatoms. The molecule has 0 spiro atoms. The van der Waals surface area contributed by atoms with E-state index in [-0.39, 0.29) is 24.4 Å². The lowest BCUT2D eigenvalue weighted by Gasteiger charge is -2.26. The summed E-state index contributed by atoms with van der Waals surface area (Å²) in [6, 6.07) is 4.75. The van der Waals surface area contributed by atoms with Crippen LogP contribution < -0.4 is 11.3 Å². The molecular weight excluding hydrogens is 646 g/mol. The van der Waals surface area contributed by atoms with Gasteiger partial charge in [0.25, 0.3) is 5.56 Å². The van der Waals surface area contributed by atoms with Gasteiger partial charge in [0.1, 0.15) is 42.4 Å². The Morgan fingerprint density at radius 2 is 1.65 bits per heavy atom. The standard InChI is InChI=1S/C23H26N6O10P2S2/c24-13-1-4-25-21-12(13)2-6-28(21)18-9-14-15(36-18)10-34-41(33,43)39-20-19(31)16(11-35-40(32,42)38-14)37-22(20)29-7-3-17(30)27-8-5-26-23(27)29/h1-8,14-16,18-20,22,31H,9-11H2,(H2,24,25)(H,32,42)(H,33,43)/t14-,15+,16+,18+,19+,20+,22+,40-,41+/m0/s1. The number of hydrogen-bond donors (Lipinski definition) is 4. The van der Waals surface area contributed by atoms with Gasteiger partial charge < -0.3 is 24.9 Å². The summed E-state index contributed by atoms with van der Waals surface area (Å²) in [5, 5.41) is 11.9. The number of aromatic nitrogens is 5. The average Bonchev–Trinajstić information content (AvgIpc) is 3.74. The number of anilines is 1. The number of nitrogens with two attached hydrogens (primary N) is 1. The first kappa shape index (κ1) is 29.5. The second kappa shape index (κ2) is 11.0. The number of nitrogen functional groups attached to an aromatic ring is 1. The van der Waals surface area contributed by atoms with Crippen molar-refractivity contribution in [2.45, 2.75) is 49.4 Å². The van der Waals surface area contributed by atoms with Gasteiger partial charge in [-0.15, -0.1) is 0 Å². The maximum Gasteiger partial charge on any atom is 0.386 e. The molecule has 4 aromatic heterocycles. The third-order valence-corrected chi connectivity index (χ3v) is 10.8. The van der Waals surface area contributed by atoms with Crippen molar-refractivity contribution in [2.75, 3.05) is 18.9 Å². The number of imidazole rings is 1. The van der Waals surface area contributed by atoms with E-state index in [0.29, 0.717) is 11.3 Å². The molecule has 0 aromatic carbocycles. The van der Waals surface area contributed by atoms with Gasteiger partial charge in [-0.3, -0.25) is 31.9 Å². The van der Waals surface area contributed by atoms with Crippen LogP contribution in [0.15, 0.2) is 54.0 Å². The van der Waals surface area contributed by atoms with Gasteiger partial charge in [0.05, 0.1) is 13.2 Å². The number of ether oxygens (including phenoxy) is 2. The highest BCUT2D eigenvalue weighted by atomic mass is 32.7. The first-order valence-electron chi connectivity index (χ1n) is 13.1. The number of thiol groups is 2. The fourth-order valence-corrected chi connectivity index (χ4v) is 8.49. The van der Waals surface area contributed by atoms with Gasteiger partial charge in [0, 0.05) is 54.5 Å². The molecule has 3 aliphatic heterocycles. The van der Waals surface area contributed by atoms with E-state index in [1.807, 2.05) is 0 Å². The fraction of sp³-hybridized carbons (Fsp3) is 0.435. The van der Waals surface area contributed by atoms with Crippen LogP contribution in [0.25, 0.3) is 16.8 Å². The molecule has 16 nitrogen and oxygen atoms in total. The first-order chi connectivity index (χ1) is 20.5. The highest BCUT2D eigenvalue weighted by Gasteiger charge is 2.51. The van der Waals surface area contributed by atoms with Gasteiger partial charge in [0.2, 0.25) is 5.78 Å². The van der Waals surface area contributed by atoms with E-state index in [9.17, 15) is 19.0 Å². The Labute approximate surface area is 253 Å². The third-order valence-electron chi connectivity index (χ3n) is 7.52. The van der Waals surface area contributed by atoms with Crippen molar-refractivity contribution >= 4 is 60.6 Å². The lowest BCUT2D eigenvalue weighted by Crippen LogP contribution is -2.35. The van der Waals surface area contributed by atoms with Crippen LogP contribution in [0, 0.1) is 0 Å². The van der Waals surface area contributed by atoms with Gasteiger partial charge in [-0.25, -0.2) is 19.1 Å². The molecule has 0 aliphatic carbocycles. The Balaban J connectivity index is 1.19. The Kier molecular flexibility index (Phi) is 7.54. The molecule has 43 heavy (non-hydrogen) atoms. The first-order valence-corrected chi connectivity index (χ1v) is 18.4. The van der Waals surface area contributed by atoms with Crippen LogP contribution in [0.5, 0.6) is 0 Å². The maximum atomic E-state index is 13.5. The van der Waals surface area contributed by atoms with E-state index in [0.717, 1.165) is 5.39 Å². The average molecular weight is 673 g/mol. The Hall–Kier alpha value is -2.21. The number of pyridine rings is 1. The number of fused-ring (bicyclic) bond motifs is 5. The lowest BCUT2D eigenvalue weighted by atomic mass is 10.1. The van der Waals surface area contributed by atoms with Crippen LogP contribution in [0.2, 0.25) is 0 Å². The van der Waals surface area contributed by atoms with Crippen LogP contribution in [0.4, 0.5) is 5.69 Å². The van der Waals surface area contributed by atoms with Gasteiger partial charge >= 0.3 is 13.6 Å². The normalized spacial score (nSPS) is 37.1. The molecule has 3 fully saturated rings. The van der Waals surface area contributed by atoms with Crippen molar-refractivity contribution in [1.29, 1.82) is 0 Å². The Morgan fingerprint density at radius 3 is 2.47 bits per heavy atom. The predicted octanol–water partition coefficient (Wildman–Crippen LogP) is 2.57. The highest BCUT2D eigenvalue weighted by Crippen LogP contribution is 2.60. The number of aliphatic hydroxyl groups excluding tert-OH is 1. The zero-order chi connectivity index (χ0) is 30.1. The van der Waals surface area contributed by atoms with Crippen molar-refractivity contribution in [1.82, 2.24) is 23.5 Å². The second-order valence-electron chi connectivity index (χ2n) is 10.2. The van der Waals surface area contributed by atoms with Crippen molar-refractivity contribution in [3.63, 3.8) is 0 Å². The molecule has 0 saturated carbocycles. The van der Waals surface area contributed by atoms with Crippen LogP contribution in [-0.4, -0.2) is 72.3 Å².